The van der Waals surface area contributed by atoms with Crippen LogP contribution in [-0.4, -0.2) is 21.6 Å². The van der Waals surface area contributed by atoms with E-state index in [1.54, 1.807) is 0 Å². The van der Waals surface area contributed by atoms with Gasteiger partial charge in [0.05, 0.1) is 11.8 Å². The van der Waals surface area contributed by atoms with Crippen LogP contribution in [0.15, 0.2) is 29.1 Å². The van der Waals surface area contributed by atoms with Crippen molar-refractivity contribution in [3.63, 3.8) is 0 Å². The van der Waals surface area contributed by atoms with Crippen LogP contribution in [0.5, 0.6) is 0 Å². The van der Waals surface area contributed by atoms with Gasteiger partial charge in [0.1, 0.15) is 11.3 Å². The topological polar surface area (TPSA) is 42.7 Å². The van der Waals surface area contributed by atoms with Crippen molar-refractivity contribution in [1.29, 1.82) is 0 Å². The third-order valence-corrected chi connectivity index (χ3v) is 3.50. The second-order valence-electron chi connectivity index (χ2n) is 3.95. The number of hydrogen-bond acceptors (Lipinski definition) is 3. The van der Waals surface area contributed by atoms with Gasteiger partial charge in [-0.25, -0.2) is 9.97 Å². The number of benzene rings is 1. The molecule has 3 aromatic rings. The largest absolute Gasteiger partial charge is 0.373 e. The molecule has 1 aromatic carbocycles. The van der Waals surface area contributed by atoms with Crippen LogP contribution in [0.2, 0.25) is 0 Å². The summed E-state index contributed by atoms with van der Waals surface area (Å²) in [5.41, 5.74) is 2.10. The number of aryl methyl sites for hydroxylation is 1. The first-order valence-corrected chi connectivity index (χ1v) is 6.07. The van der Waals surface area contributed by atoms with E-state index in [9.17, 15) is 0 Å². The van der Waals surface area contributed by atoms with Crippen LogP contribution in [-0.2, 0) is 7.05 Å². The lowest BCUT2D eigenvalue weighted by molar-refractivity contribution is 0.951. The number of imidazole rings is 1. The molecule has 0 fully saturated rings. The minimum Gasteiger partial charge on any atom is -0.373 e. The highest BCUT2D eigenvalue weighted by Crippen LogP contribution is 2.31. The molecule has 17 heavy (non-hydrogen) atoms. The molecule has 2 aromatic heterocycles. The van der Waals surface area contributed by atoms with E-state index in [2.05, 4.69) is 37.3 Å². The maximum absolute atomic E-state index is 4.40. The highest BCUT2D eigenvalue weighted by atomic mass is 79.9. The van der Waals surface area contributed by atoms with E-state index in [0.717, 1.165) is 32.1 Å². The van der Waals surface area contributed by atoms with Crippen molar-refractivity contribution in [2.75, 3.05) is 12.4 Å². The van der Waals surface area contributed by atoms with E-state index in [0.29, 0.717) is 0 Å². The lowest BCUT2D eigenvalue weighted by Crippen LogP contribution is -1.93. The second kappa shape index (κ2) is 3.70. The first-order chi connectivity index (χ1) is 8.20. The van der Waals surface area contributed by atoms with Crippen molar-refractivity contribution in [2.24, 2.45) is 7.05 Å². The van der Waals surface area contributed by atoms with E-state index >= 15 is 0 Å². The molecule has 0 aliphatic rings. The second-order valence-corrected chi connectivity index (χ2v) is 4.81. The highest BCUT2D eigenvalue weighted by Gasteiger charge is 2.10. The summed E-state index contributed by atoms with van der Waals surface area (Å²) in [5.74, 6) is 0.863. The number of pyridine rings is 1. The van der Waals surface area contributed by atoms with Gasteiger partial charge in [-0.3, -0.25) is 0 Å². The minimum atomic E-state index is 0.863. The van der Waals surface area contributed by atoms with Gasteiger partial charge in [0, 0.05) is 35.5 Å². The Morgan fingerprint density at radius 3 is 2.88 bits per heavy atom. The Morgan fingerprint density at radius 2 is 2.12 bits per heavy atom. The van der Waals surface area contributed by atoms with Crippen molar-refractivity contribution in [1.82, 2.24) is 14.5 Å². The van der Waals surface area contributed by atoms with Crippen molar-refractivity contribution >= 4 is 43.6 Å². The van der Waals surface area contributed by atoms with E-state index in [4.69, 9.17) is 0 Å². The standard InChI is InChI=1S/C12H11BrN4/c1-14-10-4-8-7(5-15-10)3-9(13)11-12(8)17(2)6-16-11/h3-6H,1-2H3,(H,14,15). The molecule has 3 rings (SSSR count). The SMILES string of the molecule is CNc1cc2c(cn1)cc(Br)c1ncn(C)c12. The number of rotatable bonds is 1. The molecule has 0 aliphatic carbocycles. The lowest BCUT2D eigenvalue weighted by Gasteiger charge is -2.06. The average molecular weight is 291 g/mol. The molecule has 1 N–H and O–H groups in total. The summed E-state index contributed by atoms with van der Waals surface area (Å²) in [6.45, 7) is 0. The molecule has 0 radical (unpaired) electrons. The summed E-state index contributed by atoms with van der Waals surface area (Å²) in [4.78, 5) is 8.72. The summed E-state index contributed by atoms with van der Waals surface area (Å²) in [6.07, 6.45) is 3.70. The Kier molecular flexibility index (Phi) is 2.29. The van der Waals surface area contributed by atoms with Crippen molar-refractivity contribution in [3.8, 4) is 0 Å². The third-order valence-electron chi connectivity index (χ3n) is 2.89. The first-order valence-electron chi connectivity index (χ1n) is 5.27. The third kappa shape index (κ3) is 1.50. The van der Waals surface area contributed by atoms with E-state index in [1.807, 2.05) is 37.3 Å². The van der Waals surface area contributed by atoms with Gasteiger partial charge in [-0.1, -0.05) is 0 Å². The molecular formula is C12H11BrN4. The fourth-order valence-electron chi connectivity index (χ4n) is 2.05. The van der Waals surface area contributed by atoms with E-state index in [1.165, 1.54) is 0 Å². The number of aromatic nitrogens is 3. The predicted octanol–water partition coefficient (Wildman–Crippen LogP) is 2.93. The van der Waals surface area contributed by atoms with Gasteiger partial charge in [-0.05, 0) is 28.1 Å². The highest BCUT2D eigenvalue weighted by molar-refractivity contribution is 9.10. The van der Waals surface area contributed by atoms with Crippen LogP contribution in [0.3, 0.4) is 0 Å². The van der Waals surface area contributed by atoms with Crippen LogP contribution >= 0.6 is 15.9 Å². The van der Waals surface area contributed by atoms with E-state index in [-0.39, 0.29) is 0 Å². The predicted molar refractivity (Wildman–Crippen MR) is 73.3 cm³/mol. The molecule has 5 heteroatoms. The Morgan fingerprint density at radius 1 is 1.29 bits per heavy atom. The smallest absolute Gasteiger partial charge is 0.126 e. The molecule has 0 bridgehead atoms. The maximum Gasteiger partial charge on any atom is 0.126 e. The van der Waals surface area contributed by atoms with Crippen LogP contribution in [0, 0.1) is 0 Å². The van der Waals surface area contributed by atoms with Crippen LogP contribution in [0.25, 0.3) is 21.8 Å². The van der Waals surface area contributed by atoms with Gasteiger partial charge in [-0.2, -0.15) is 0 Å². The van der Waals surface area contributed by atoms with Gasteiger partial charge in [0.25, 0.3) is 0 Å². The summed E-state index contributed by atoms with van der Waals surface area (Å²) in [7, 11) is 3.87. The zero-order valence-electron chi connectivity index (χ0n) is 9.53. The number of anilines is 1. The maximum atomic E-state index is 4.40. The number of nitrogens with one attached hydrogen (secondary N) is 1. The molecule has 2 heterocycles. The summed E-state index contributed by atoms with van der Waals surface area (Å²) >= 11 is 3.55. The van der Waals surface area contributed by atoms with Gasteiger partial charge in [0.15, 0.2) is 0 Å². The lowest BCUT2D eigenvalue weighted by atomic mass is 10.1. The molecule has 86 valence electrons. The number of hydrogen-bond donors (Lipinski definition) is 1. The molecular weight excluding hydrogens is 280 g/mol. The molecule has 0 amide bonds. The van der Waals surface area contributed by atoms with Gasteiger partial charge in [-0.15, -0.1) is 0 Å². The van der Waals surface area contributed by atoms with Crippen molar-refractivity contribution in [3.05, 3.63) is 29.1 Å². The number of nitrogens with zero attached hydrogens (tertiary/aromatic N) is 3. The monoisotopic (exact) mass is 290 g/mol. The van der Waals surface area contributed by atoms with E-state index < -0.39 is 0 Å². The number of halogens is 1. The Labute approximate surface area is 107 Å². The van der Waals surface area contributed by atoms with Gasteiger partial charge < -0.3 is 9.88 Å². The molecule has 0 saturated heterocycles. The van der Waals surface area contributed by atoms with Gasteiger partial charge in [0.2, 0.25) is 0 Å². The van der Waals surface area contributed by atoms with Crippen molar-refractivity contribution in [2.45, 2.75) is 0 Å². The fourth-order valence-corrected chi connectivity index (χ4v) is 2.59. The summed E-state index contributed by atoms with van der Waals surface area (Å²) < 4.78 is 3.03. The Balaban J connectivity index is 2.54. The first kappa shape index (κ1) is 10.5. The fraction of sp³-hybridized carbons (Fsp3) is 0.167. The molecule has 0 saturated carbocycles. The summed E-state index contributed by atoms with van der Waals surface area (Å²) in [6, 6.07) is 4.10. The van der Waals surface area contributed by atoms with Gasteiger partial charge >= 0.3 is 0 Å². The molecule has 0 spiro atoms. The van der Waals surface area contributed by atoms with Crippen LogP contribution in [0.4, 0.5) is 5.82 Å². The van der Waals surface area contributed by atoms with Crippen molar-refractivity contribution < 1.29 is 0 Å². The molecule has 0 aliphatic heterocycles. The van der Waals surface area contributed by atoms with Crippen LogP contribution < -0.4 is 5.32 Å². The Bertz CT molecular complexity index is 717. The zero-order chi connectivity index (χ0) is 12.0. The quantitative estimate of drug-likeness (QED) is 0.749. The Hall–Kier alpha value is -1.62. The van der Waals surface area contributed by atoms with Crippen LogP contribution in [0.1, 0.15) is 0 Å². The summed E-state index contributed by atoms with van der Waals surface area (Å²) in [5, 5.41) is 5.32. The zero-order valence-corrected chi connectivity index (χ0v) is 11.1. The minimum absolute atomic E-state index is 0.863. The molecule has 4 nitrogen and oxygen atoms in total. The number of fused-ring (bicyclic) bond motifs is 3. The normalized spacial score (nSPS) is 11.2. The molecule has 0 unspecified atom stereocenters. The average Bonchev–Trinajstić information content (AvgIpc) is 2.72. The molecule has 0 atom stereocenters.